The Morgan fingerprint density at radius 2 is 1.96 bits per heavy atom. The first-order valence-corrected chi connectivity index (χ1v) is 8.47. The molecule has 1 amide bonds. The Morgan fingerprint density at radius 1 is 1.27 bits per heavy atom. The molecule has 9 heteroatoms. The number of nitro benzene ring substituents is 1. The monoisotopic (exact) mass is 378 g/mol. The normalized spacial score (nSPS) is 11.5. The number of amides is 1. The van der Waals surface area contributed by atoms with Gasteiger partial charge >= 0.3 is 11.7 Å². The second kappa shape index (κ2) is 8.95. The molecule has 0 spiro atoms. The van der Waals surface area contributed by atoms with E-state index in [0.29, 0.717) is 0 Å². The molecule has 0 radical (unpaired) electrons. The largest absolute Gasteiger partial charge is 0.452 e. The van der Waals surface area contributed by atoms with Crippen LogP contribution >= 0.6 is 11.8 Å². The van der Waals surface area contributed by atoms with E-state index in [1.807, 2.05) is 30.3 Å². The summed E-state index contributed by atoms with van der Waals surface area (Å²) in [5.74, 6) is -2.23. The highest BCUT2D eigenvalue weighted by molar-refractivity contribution is 8.00. The van der Waals surface area contributed by atoms with E-state index in [1.165, 1.54) is 24.8 Å². The molecule has 26 heavy (non-hydrogen) atoms. The van der Waals surface area contributed by atoms with E-state index in [4.69, 9.17) is 4.74 Å². The van der Waals surface area contributed by atoms with Crippen molar-refractivity contribution in [2.75, 3.05) is 11.1 Å². The third kappa shape index (κ3) is 5.55. The van der Waals surface area contributed by atoms with E-state index in [-0.39, 0.29) is 11.4 Å². The summed E-state index contributed by atoms with van der Waals surface area (Å²) in [7, 11) is 0. The van der Waals surface area contributed by atoms with Gasteiger partial charge in [-0.05, 0) is 31.2 Å². The molecule has 136 valence electrons. The van der Waals surface area contributed by atoms with Crippen LogP contribution in [-0.2, 0) is 14.3 Å². The highest BCUT2D eigenvalue weighted by atomic mass is 32.2. The molecule has 1 N–H and O–H groups in total. The number of hydrogen-bond acceptors (Lipinski definition) is 6. The van der Waals surface area contributed by atoms with Gasteiger partial charge in [0.15, 0.2) is 6.10 Å². The number of benzene rings is 2. The average molecular weight is 378 g/mol. The molecule has 2 rings (SSSR count). The smallest absolute Gasteiger partial charge is 0.317 e. The molecule has 0 bridgehead atoms. The number of esters is 1. The SMILES string of the molecule is C[C@@H](OC(=O)CSc1ccccc1)C(=O)Nc1ccc(F)c([N+](=O)[O-])c1. The third-order valence-electron chi connectivity index (χ3n) is 3.19. The molecule has 0 fully saturated rings. The van der Waals surface area contributed by atoms with Crippen LogP contribution in [0.2, 0.25) is 0 Å². The van der Waals surface area contributed by atoms with E-state index in [1.54, 1.807) is 0 Å². The zero-order valence-electron chi connectivity index (χ0n) is 13.7. The Hall–Kier alpha value is -2.94. The van der Waals surface area contributed by atoms with Crippen LogP contribution in [0.15, 0.2) is 53.4 Å². The fraction of sp³-hybridized carbons (Fsp3) is 0.176. The number of thioether (sulfide) groups is 1. The van der Waals surface area contributed by atoms with Gasteiger partial charge in [-0.3, -0.25) is 19.7 Å². The van der Waals surface area contributed by atoms with Crippen LogP contribution in [0, 0.1) is 15.9 Å². The van der Waals surface area contributed by atoms with E-state index >= 15 is 0 Å². The molecule has 0 unspecified atom stereocenters. The van der Waals surface area contributed by atoms with Crippen LogP contribution in [0.1, 0.15) is 6.92 Å². The van der Waals surface area contributed by atoms with Gasteiger partial charge in [0.2, 0.25) is 5.82 Å². The van der Waals surface area contributed by atoms with Gasteiger partial charge in [0.1, 0.15) is 0 Å². The molecule has 0 aromatic heterocycles. The number of hydrogen-bond donors (Lipinski definition) is 1. The van der Waals surface area contributed by atoms with Gasteiger partial charge in [0, 0.05) is 16.6 Å². The Kier molecular flexibility index (Phi) is 6.67. The summed E-state index contributed by atoms with van der Waals surface area (Å²) in [5.41, 5.74) is -0.726. The topological polar surface area (TPSA) is 98.5 Å². The zero-order chi connectivity index (χ0) is 19.1. The molecule has 0 saturated carbocycles. The quantitative estimate of drug-likeness (QED) is 0.343. The molecule has 2 aromatic carbocycles. The van der Waals surface area contributed by atoms with Crippen LogP contribution in [0.4, 0.5) is 15.8 Å². The van der Waals surface area contributed by atoms with E-state index in [9.17, 15) is 24.1 Å². The van der Waals surface area contributed by atoms with Crippen LogP contribution in [0.3, 0.4) is 0 Å². The first-order valence-electron chi connectivity index (χ1n) is 7.49. The molecule has 0 aliphatic carbocycles. The van der Waals surface area contributed by atoms with E-state index < -0.39 is 34.4 Å². The molecular formula is C17H15FN2O5S. The van der Waals surface area contributed by atoms with Crippen LogP contribution < -0.4 is 5.32 Å². The number of nitrogens with one attached hydrogen (secondary N) is 1. The van der Waals surface area contributed by atoms with Crippen molar-refractivity contribution in [3.63, 3.8) is 0 Å². The summed E-state index contributed by atoms with van der Waals surface area (Å²) in [4.78, 5) is 34.5. The molecular weight excluding hydrogens is 363 g/mol. The van der Waals surface area contributed by atoms with Crippen LogP contribution in [0.25, 0.3) is 0 Å². The fourth-order valence-electron chi connectivity index (χ4n) is 1.92. The minimum absolute atomic E-state index is 0.0314. The Labute approximate surface area is 152 Å². The fourth-order valence-corrected chi connectivity index (χ4v) is 2.62. The van der Waals surface area contributed by atoms with Crippen molar-refractivity contribution >= 4 is 35.0 Å². The lowest BCUT2D eigenvalue weighted by Crippen LogP contribution is -2.30. The second-order valence-electron chi connectivity index (χ2n) is 5.15. The van der Waals surface area contributed by atoms with Crippen molar-refractivity contribution in [1.82, 2.24) is 0 Å². The van der Waals surface area contributed by atoms with Gasteiger partial charge in [-0.15, -0.1) is 11.8 Å². The first-order chi connectivity index (χ1) is 12.4. The maximum atomic E-state index is 13.3. The first kappa shape index (κ1) is 19.4. The number of carbonyl (C=O) groups is 2. The Balaban J connectivity index is 1.88. The van der Waals surface area contributed by atoms with Gasteiger partial charge < -0.3 is 10.1 Å². The summed E-state index contributed by atoms with van der Waals surface area (Å²) >= 11 is 1.27. The maximum Gasteiger partial charge on any atom is 0.317 e. The summed E-state index contributed by atoms with van der Waals surface area (Å²) in [6, 6.07) is 12.2. The zero-order valence-corrected chi connectivity index (χ0v) is 14.5. The number of carbonyl (C=O) groups excluding carboxylic acids is 2. The van der Waals surface area contributed by atoms with Gasteiger partial charge in [-0.1, -0.05) is 18.2 Å². The standard InChI is InChI=1S/C17H15FN2O5S/c1-11(25-16(21)10-26-13-5-3-2-4-6-13)17(22)19-12-7-8-14(18)15(9-12)20(23)24/h2-9,11H,10H2,1H3,(H,19,22)/t11-/m1/s1. The lowest BCUT2D eigenvalue weighted by Gasteiger charge is -2.13. The highest BCUT2D eigenvalue weighted by Gasteiger charge is 2.20. The third-order valence-corrected chi connectivity index (χ3v) is 4.17. The van der Waals surface area contributed by atoms with E-state index in [0.717, 1.165) is 17.0 Å². The van der Waals surface area contributed by atoms with Gasteiger partial charge in [0.05, 0.1) is 10.7 Å². The molecule has 1 atom stereocenters. The van der Waals surface area contributed by atoms with Crippen molar-refractivity contribution in [3.05, 3.63) is 64.5 Å². The molecule has 0 saturated heterocycles. The molecule has 2 aromatic rings. The van der Waals surface area contributed by atoms with Crippen molar-refractivity contribution in [3.8, 4) is 0 Å². The number of halogens is 1. The molecule has 7 nitrogen and oxygen atoms in total. The highest BCUT2D eigenvalue weighted by Crippen LogP contribution is 2.22. The van der Waals surface area contributed by atoms with Gasteiger partial charge in [-0.25, -0.2) is 0 Å². The van der Waals surface area contributed by atoms with Gasteiger partial charge in [0.25, 0.3) is 5.91 Å². The summed E-state index contributed by atoms with van der Waals surface area (Å²) in [6.45, 7) is 1.37. The molecule has 0 aliphatic rings. The maximum absolute atomic E-state index is 13.3. The van der Waals surface area contributed by atoms with Crippen LogP contribution in [0.5, 0.6) is 0 Å². The summed E-state index contributed by atoms with van der Waals surface area (Å²) < 4.78 is 18.3. The number of nitrogens with zero attached hydrogens (tertiary/aromatic N) is 1. The van der Waals surface area contributed by atoms with E-state index in [2.05, 4.69) is 5.32 Å². The lowest BCUT2D eigenvalue weighted by molar-refractivity contribution is -0.387. The number of rotatable bonds is 7. The second-order valence-corrected chi connectivity index (χ2v) is 6.20. The number of nitro groups is 1. The summed E-state index contributed by atoms with van der Waals surface area (Å²) in [5, 5.41) is 13.1. The minimum atomic E-state index is -1.11. The number of ether oxygens (including phenoxy) is 1. The average Bonchev–Trinajstić information content (AvgIpc) is 2.62. The predicted molar refractivity (Wildman–Crippen MR) is 94.4 cm³/mol. The van der Waals surface area contributed by atoms with Crippen molar-refractivity contribution in [2.45, 2.75) is 17.9 Å². The van der Waals surface area contributed by atoms with Crippen molar-refractivity contribution in [1.29, 1.82) is 0 Å². The van der Waals surface area contributed by atoms with Crippen molar-refractivity contribution in [2.24, 2.45) is 0 Å². The predicted octanol–water partition coefficient (Wildman–Crippen LogP) is 3.40. The van der Waals surface area contributed by atoms with Gasteiger partial charge in [-0.2, -0.15) is 4.39 Å². The van der Waals surface area contributed by atoms with Crippen LogP contribution in [-0.4, -0.2) is 28.7 Å². The lowest BCUT2D eigenvalue weighted by atomic mass is 10.2. The minimum Gasteiger partial charge on any atom is -0.452 e. The molecule has 0 heterocycles. The summed E-state index contributed by atoms with van der Waals surface area (Å²) in [6.07, 6.45) is -1.11. The Morgan fingerprint density at radius 3 is 2.62 bits per heavy atom. The molecule has 0 aliphatic heterocycles. The number of anilines is 1. The van der Waals surface area contributed by atoms with Crippen molar-refractivity contribution < 1.29 is 23.6 Å². The Bertz CT molecular complexity index is 816.